The quantitative estimate of drug-likeness (QED) is 0.679. The summed E-state index contributed by atoms with van der Waals surface area (Å²) in [6.45, 7) is 0. The number of hydrogen-bond donors (Lipinski definition) is 2. The van der Waals surface area contributed by atoms with Crippen LogP contribution in [0.25, 0.3) is 0 Å². The second-order valence-corrected chi connectivity index (χ2v) is 5.96. The fourth-order valence-electron chi connectivity index (χ4n) is 2.10. The average molecular weight is 325 g/mol. The molecule has 0 saturated heterocycles. The third-order valence-corrected chi connectivity index (χ3v) is 4.21. The van der Waals surface area contributed by atoms with E-state index >= 15 is 0 Å². The molecular weight excluding hydrogens is 310 g/mol. The summed E-state index contributed by atoms with van der Waals surface area (Å²) in [7, 11) is 0. The maximum Gasteiger partial charge on any atom is 0.335 e. The van der Waals surface area contributed by atoms with E-state index in [0.29, 0.717) is 16.5 Å². The predicted molar refractivity (Wildman–Crippen MR) is 88.6 cm³/mol. The summed E-state index contributed by atoms with van der Waals surface area (Å²) in [6.07, 6.45) is 0.724. The van der Waals surface area contributed by atoms with Gasteiger partial charge in [0.1, 0.15) is 5.82 Å². The highest BCUT2D eigenvalue weighted by Gasteiger charge is 2.06. The molecule has 0 amide bonds. The van der Waals surface area contributed by atoms with Crippen LogP contribution < -0.4 is 0 Å². The van der Waals surface area contributed by atoms with Crippen molar-refractivity contribution in [2.75, 3.05) is 0 Å². The lowest BCUT2D eigenvalue weighted by atomic mass is 10.1. The molecule has 0 fully saturated rings. The molecule has 0 aliphatic carbocycles. The second kappa shape index (κ2) is 7.11. The molecule has 0 atom stereocenters. The molecule has 23 heavy (non-hydrogen) atoms. The Bertz CT molecular complexity index is 785. The third-order valence-electron chi connectivity index (χ3n) is 3.29. The summed E-state index contributed by atoms with van der Waals surface area (Å²) in [6, 6.07) is 16.9. The molecule has 3 aromatic rings. The van der Waals surface area contributed by atoms with Gasteiger partial charge in [-0.15, -0.1) is 5.10 Å². The maximum atomic E-state index is 10.8. The molecule has 1 aromatic heterocycles. The fraction of sp³-hybridized carbons (Fsp3) is 0.118. The molecule has 0 saturated carbocycles. The average Bonchev–Trinajstić information content (AvgIpc) is 3.02. The van der Waals surface area contributed by atoms with Gasteiger partial charge >= 0.3 is 5.97 Å². The number of aromatic carboxylic acids is 1. The van der Waals surface area contributed by atoms with Gasteiger partial charge in [0.2, 0.25) is 5.16 Å². The van der Waals surface area contributed by atoms with Crippen molar-refractivity contribution in [1.82, 2.24) is 15.2 Å². The van der Waals surface area contributed by atoms with E-state index < -0.39 is 5.97 Å². The monoisotopic (exact) mass is 325 g/mol. The van der Waals surface area contributed by atoms with E-state index in [4.69, 9.17) is 5.11 Å². The molecule has 0 bridgehead atoms. The van der Waals surface area contributed by atoms with Gasteiger partial charge in [-0.05, 0) is 23.3 Å². The van der Waals surface area contributed by atoms with E-state index in [1.165, 1.54) is 17.3 Å². The molecule has 116 valence electrons. The van der Waals surface area contributed by atoms with E-state index in [2.05, 4.69) is 27.3 Å². The zero-order valence-corrected chi connectivity index (χ0v) is 13.1. The van der Waals surface area contributed by atoms with E-state index in [9.17, 15) is 4.79 Å². The van der Waals surface area contributed by atoms with Gasteiger partial charge in [0.15, 0.2) is 0 Å². The number of carbonyl (C=O) groups is 1. The minimum absolute atomic E-state index is 0.293. The fourth-order valence-corrected chi connectivity index (χ4v) is 2.88. The maximum absolute atomic E-state index is 10.8. The lowest BCUT2D eigenvalue weighted by Gasteiger charge is -1.99. The van der Waals surface area contributed by atoms with Gasteiger partial charge in [-0.25, -0.2) is 9.78 Å². The molecule has 1 heterocycles. The van der Waals surface area contributed by atoms with Crippen LogP contribution >= 0.6 is 11.8 Å². The van der Waals surface area contributed by atoms with Gasteiger partial charge < -0.3 is 5.11 Å². The van der Waals surface area contributed by atoms with E-state index in [1.807, 2.05) is 30.3 Å². The molecule has 0 spiro atoms. The molecule has 6 heteroatoms. The molecule has 2 aromatic carbocycles. The zero-order chi connectivity index (χ0) is 16.1. The first-order chi connectivity index (χ1) is 11.2. The third kappa shape index (κ3) is 4.20. The van der Waals surface area contributed by atoms with Crippen molar-refractivity contribution >= 4 is 17.7 Å². The Balaban J connectivity index is 1.57. The van der Waals surface area contributed by atoms with Crippen molar-refractivity contribution in [3.05, 3.63) is 77.1 Å². The lowest BCUT2D eigenvalue weighted by Crippen LogP contribution is -1.95. The summed E-state index contributed by atoms with van der Waals surface area (Å²) in [5.74, 6) is 0.617. The summed E-state index contributed by atoms with van der Waals surface area (Å²) >= 11 is 1.52. The number of nitrogens with zero attached hydrogens (tertiary/aromatic N) is 2. The Hall–Kier alpha value is -2.60. The Kier molecular flexibility index (Phi) is 4.73. The first-order valence-corrected chi connectivity index (χ1v) is 8.09. The van der Waals surface area contributed by atoms with Crippen LogP contribution in [0.1, 0.15) is 27.3 Å². The molecule has 2 N–H and O–H groups in total. The summed E-state index contributed by atoms with van der Waals surface area (Å²) in [4.78, 5) is 15.3. The molecule has 5 nitrogen and oxygen atoms in total. The first-order valence-electron chi connectivity index (χ1n) is 7.11. The normalized spacial score (nSPS) is 10.6. The Morgan fingerprint density at radius 1 is 1.04 bits per heavy atom. The van der Waals surface area contributed by atoms with Crippen LogP contribution in [0.2, 0.25) is 0 Å². The summed E-state index contributed by atoms with van der Waals surface area (Å²) < 4.78 is 0. The van der Waals surface area contributed by atoms with E-state index in [-0.39, 0.29) is 0 Å². The van der Waals surface area contributed by atoms with Crippen LogP contribution in [0.15, 0.2) is 59.8 Å². The predicted octanol–water partition coefficient (Wildman–Crippen LogP) is 3.39. The zero-order valence-electron chi connectivity index (χ0n) is 12.3. The van der Waals surface area contributed by atoms with Crippen molar-refractivity contribution < 1.29 is 9.90 Å². The van der Waals surface area contributed by atoms with Crippen LogP contribution in [0.4, 0.5) is 0 Å². The lowest BCUT2D eigenvalue weighted by molar-refractivity contribution is 0.0697. The summed E-state index contributed by atoms with van der Waals surface area (Å²) in [5, 5.41) is 16.7. The van der Waals surface area contributed by atoms with Gasteiger partial charge in [-0.1, -0.05) is 54.2 Å². The van der Waals surface area contributed by atoms with E-state index in [1.54, 1.807) is 12.1 Å². The second-order valence-electron chi connectivity index (χ2n) is 5.02. The highest BCUT2D eigenvalue weighted by Crippen LogP contribution is 2.20. The number of aromatic nitrogens is 3. The van der Waals surface area contributed by atoms with Gasteiger partial charge in [-0.3, -0.25) is 5.10 Å². The van der Waals surface area contributed by atoms with Crippen LogP contribution in [0, 0.1) is 0 Å². The number of benzene rings is 2. The molecular formula is C17H15N3O2S. The summed E-state index contributed by atoms with van der Waals surface area (Å²) in [5.41, 5.74) is 2.51. The van der Waals surface area contributed by atoms with Gasteiger partial charge in [-0.2, -0.15) is 0 Å². The standard InChI is InChI=1S/C17H15N3O2S/c21-16(22)14-8-6-13(7-9-14)11-23-17-18-15(19-20-17)10-12-4-2-1-3-5-12/h1-9H,10-11H2,(H,21,22)(H,18,19,20). The number of rotatable bonds is 6. The van der Waals surface area contributed by atoms with Crippen LogP contribution in [0.5, 0.6) is 0 Å². The molecule has 3 rings (SSSR count). The van der Waals surface area contributed by atoms with Crippen LogP contribution in [0.3, 0.4) is 0 Å². The molecule has 0 radical (unpaired) electrons. The van der Waals surface area contributed by atoms with Gasteiger partial charge in [0.05, 0.1) is 5.56 Å². The largest absolute Gasteiger partial charge is 0.478 e. The Morgan fingerprint density at radius 2 is 1.78 bits per heavy atom. The number of thioether (sulfide) groups is 1. The first kappa shape index (κ1) is 15.3. The number of H-pyrrole nitrogens is 1. The minimum Gasteiger partial charge on any atom is -0.478 e. The number of carboxylic acid groups (broad SMARTS) is 1. The van der Waals surface area contributed by atoms with Crippen LogP contribution in [-0.2, 0) is 12.2 Å². The Morgan fingerprint density at radius 3 is 2.48 bits per heavy atom. The van der Waals surface area contributed by atoms with Crippen molar-refractivity contribution in [3.63, 3.8) is 0 Å². The number of nitrogens with one attached hydrogen (secondary N) is 1. The number of aromatic amines is 1. The highest BCUT2D eigenvalue weighted by molar-refractivity contribution is 7.98. The van der Waals surface area contributed by atoms with Crippen molar-refractivity contribution in [2.24, 2.45) is 0 Å². The topological polar surface area (TPSA) is 78.9 Å². The van der Waals surface area contributed by atoms with Crippen molar-refractivity contribution in [2.45, 2.75) is 17.3 Å². The molecule has 0 unspecified atom stereocenters. The number of carboxylic acids is 1. The van der Waals surface area contributed by atoms with Gasteiger partial charge in [0, 0.05) is 12.2 Å². The van der Waals surface area contributed by atoms with Crippen molar-refractivity contribution in [3.8, 4) is 0 Å². The molecule has 0 aliphatic heterocycles. The SMILES string of the molecule is O=C(O)c1ccc(CSc2n[nH]c(Cc3ccccc3)n2)cc1. The van der Waals surface area contributed by atoms with Crippen LogP contribution in [-0.4, -0.2) is 26.3 Å². The smallest absolute Gasteiger partial charge is 0.335 e. The van der Waals surface area contributed by atoms with Gasteiger partial charge in [0.25, 0.3) is 0 Å². The number of hydrogen-bond acceptors (Lipinski definition) is 4. The minimum atomic E-state index is -0.913. The van der Waals surface area contributed by atoms with Crippen molar-refractivity contribution in [1.29, 1.82) is 0 Å². The van der Waals surface area contributed by atoms with E-state index in [0.717, 1.165) is 17.8 Å². The Labute approximate surface area is 137 Å². The highest BCUT2D eigenvalue weighted by atomic mass is 32.2. The molecule has 0 aliphatic rings.